The summed E-state index contributed by atoms with van der Waals surface area (Å²) in [6.07, 6.45) is 3.88. The van der Waals surface area contributed by atoms with Crippen molar-refractivity contribution in [3.8, 4) is 5.69 Å². The van der Waals surface area contributed by atoms with Crippen LogP contribution in [0, 0.1) is 5.92 Å². The quantitative estimate of drug-likeness (QED) is 0.932. The molecule has 23 heavy (non-hydrogen) atoms. The van der Waals surface area contributed by atoms with Gasteiger partial charge in [-0.15, -0.1) is 0 Å². The van der Waals surface area contributed by atoms with Crippen LogP contribution in [0.3, 0.4) is 0 Å². The average molecular weight is 333 g/mol. The Hall–Kier alpha value is -1.63. The fourth-order valence-corrected chi connectivity index (χ4v) is 4.33. The van der Waals surface area contributed by atoms with Crippen molar-refractivity contribution < 1.29 is 8.42 Å². The van der Waals surface area contributed by atoms with Crippen molar-refractivity contribution in [1.29, 1.82) is 0 Å². The van der Waals surface area contributed by atoms with Crippen LogP contribution in [0.5, 0.6) is 0 Å². The first-order chi connectivity index (χ1) is 11.0. The molecule has 5 nitrogen and oxygen atoms in total. The van der Waals surface area contributed by atoms with Crippen LogP contribution < -0.4 is 5.32 Å². The van der Waals surface area contributed by atoms with Crippen molar-refractivity contribution in [3.05, 3.63) is 48.8 Å². The highest BCUT2D eigenvalue weighted by molar-refractivity contribution is 7.89. The average Bonchev–Trinajstić information content (AvgIpc) is 3.09. The molecule has 1 saturated heterocycles. The molecule has 1 aromatic carbocycles. The summed E-state index contributed by atoms with van der Waals surface area (Å²) >= 11 is 0. The molecule has 1 aromatic heterocycles. The third-order valence-corrected chi connectivity index (χ3v) is 6.23. The highest BCUT2D eigenvalue weighted by Crippen LogP contribution is 2.20. The molecular formula is C17H23N3O2S. The SMILES string of the molecule is CC(C)C1CN(S(=O)(=O)c2ccc(-n3cccc3)cc2)CCN1. The first kappa shape index (κ1) is 16.2. The minimum atomic E-state index is -3.43. The molecule has 124 valence electrons. The van der Waals surface area contributed by atoms with Crippen LogP contribution in [0.4, 0.5) is 0 Å². The van der Waals surface area contributed by atoms with Gasteiger partial charge in [-0.1, -0.05) is 13.8 Å². The summed E-state index contributed by atoms with van der Waals surface area (Å²) in [5, 5.41) is 3.39. The van der Waals surface area contributed by atoms with Gasteiger partial charge in [0.25, 0.3) is 0 Å². The first-order valence-corrected chi connectivity index (χ1v) is 9.39. The van der Waals surface area contributed by atoms with Gasteiger partial charge in [-0.25, -0.2) is 8.42 Å². The highest BCUT2D eigenvalue weighted by atomic mass is 32.2. The Morgan fingerprint density at radius 1 is 1.13 bits per heavy atom. The highest BCUT2D eigenvalue weighted by Gasteiger charge is 2.31. The third kappa shape index (κ3) is 3.34. The first-order valence-electron chi connectivity index (χ1n) is 7.95. The van der Waals surface area contributed by atoms with Gasteiger partial charge >= 0.3 is 0 Å². The van der Waals surface area contributed by atoms with Crippen molar-refractivity contribution in [1.82, 2.24) is 14.2 Å². The summed E-state index contributed by atoms with van der Waals surface area (Å²) in [5.41, 5.74) is 0.953. The molecule has 0 saturated carbocycles. The molecule has 3 rings (SSSR count). The number of sulfonamides is 1. The van der Waals surface area contributed by atoms with E-state index in [1.165, 1.54) is 0 Å². The second kappa shape index (κ2) is 6.47. The van der Waals surface area contributed by atoms with Gasteiger partial charge in [0.15, 0.2) is 0 Å². The molecule has 1 N–H and O–H groups in total. The second-order valence-electron chi connectivity index (χ2n) is 6.25. The molecule has 2 aromatic rings. The van der Waals surface area contributed by atoms with E-state index in [9.17, 15) is 8.42 Å². The van der Waals surface area contributed by atoms with E-state index in [0.29, 0.717) is 30.4 Å². The Morgan fingerprint density at radius 3 is 2.39 bits per heavy atom. The number of aromatic nitrogens is 1. The maximum atomic E-state index is 12.8. The Balaban J connectivity index is 1.82. The molecule has 6 heteroatoms. The summed E-state index contributed by atoms with van der Waals surface area (Å²) in [6.45, 7) is 5.97. The zero-order valence-corrected chi connectivity index (χ0v) is 14.3. The van der Waals surface area contributed by atoms with Crippen LogP contribution in [0.15, 0.2) is 53.7 Å². The zero-order valence-electron chi connectivity index (χ0n) is 13.5. The molecule has 0 radical (unpaired) electrons. The Kier molecular flexibility index (Phi) is 4.57. The van der Waals surface area contributed by atoms with E-state index in [1.54, 1.807) is 16.4 Å². The van der Waals surface area contributed by atoms with E-state index in [2.05, 4.69) is 19.2 Å². The molecule has 0 aliphatic carbocycles. The maximum absolute atomic E-state index is 12.8. The smallest absolute Gasteiger partial charge is 0.243 e. The third-order valence-electron chi connectivity index (χ3n) is 4.35. The molecule has 1 fully saturated rings. The Bertz CT molecular complexity index is 737. The van der Waals surface area contributed by atoms with Crippen LogP contribution in [-0.4, -0.2) is 43.0 Å². The maximum Gasteiger partial charge on any atom is 0.243 e. The number of benzene rings is 1. The number of piperazine rings is 1. The number of nitrogens with one attached hydrogen (secondary N) is 1. The standard InChI is InChI=1S/C17H23N3O2S/c1-14(2)17-13-20(12-9-18-17)23(21,22)16-7-5-15(6-8-16)19-10-3-4-11-19/h3-8,10-11,14,17-18H,9,12-13H2,1-2H3. The van der Waals surface area contributed by atoms with E-state index < -0.39 is 10.0 Å². The van der Waals surface area contributed by atoms with Crippen LogP contribution in [0.1, 0.15) is 13.8 Å². The topological polar surface area (TPSA) is 54.3 Å². The fraction of sp³-hybridized carbons (Fsp3) is 0.412. The van der Waals surface area contributed by atoms with Gasteiger partial charge in [0.05, 0.1) is 4.90 Å². The lowest BCUT2D eigenvalue weighted by atomic mass is 10.0. The molecule has 1 aliphatic rings. The largest absolute Gasteiger partial charge is 0.324 e. The van der Waals surface area contributed by atoms with E-state index >= 15 is 0 Å². The second-order valence-corrected chi connectivity index (χ2v) is 8.19. The van der Waals surface area contributed by atoms with Gasteiger partial charge in [0.2, 0.25) is 10.0 Å². The van der Waals surface area contributed by atoms with Crippen LogP contribution in [-0.2, 0) is 10.0 Å². The number of hydrogen-bond acceptors (Lipinski definition) is 3. The number of rotatable bonds is 4. The zero-order chi connectivity index (χ0) is 16.4. The van der Waals surface area contributed by atoms with Crippen LogP contribution in [0.2, 0.25) is 0 Å². The predicted molar refractivity (Wildman–Crippen MR) is 91.2 cm³/mol. The van der Waals surface area contributed by atoms with Gasteiger partial charge in [-0.05, 0) is 42.3 Å². The molecule has 1 atom stereocenters. The van der Waals surface area contributed by atoms with Gasteiger partial charge < -0.3 is 9.88 Å². The molecule has 0 amide bonds. The normalized spacial score (nSPS) is 20.0. The van der Waals surface area contributed by atoms with E-state index in [0.717, 1.165) is 5.69 Å². The minimum Gasteiger partial charge on any atom is -0.324 e. The summed E-state index contributed by atoms with van der Waals surface area (Å²) in [4.78, 5) is 0.359. The molecular weight excluding hydrogens is 310 g/mol. The lowest BCUT2D eigenvalue weighted by Gasteiger charge is -2.34. The van der Waals surface area contributed by atoms with Crippen molar-refractivity contribution in [2.24, 2.45) is 5.92 Å². The number of nitrogens with zero attached hydrogens (tertiary/aromatic N) is 2. The molecule has 2 heterocycles. The summed E-state index contributed by atoms with van der Waals surface area (Å²) in [5.74, 6) is 0.407. The Labute approximate surface area is 138 Å². The summed E-state index contributed by atoms with van der Waals surface area (Å²) in [7, 11) is -3.43. The van der Waals surface area contributed by atoms with E-state index in [-0.39, 0.29) is 6.04 Å². The molecule has 1 unspecified atom stereocenters. The fourth-order valence-electron chi connectivity index (χ4n) is 2.86. The minimum absolute atomic E-state index is 0.206. The van der Waals surface area contributed by atoms with Crippen molar-refractivity contribution in [3.63, 3.8) is 0 Å². The molecule has 1 aliphatic heterocycles. The molecule has 0 spiro atoms. The van der Waals surface area contributed by atoms with Gasteiger partial charge in [0, 0.05) is 43.8 Å². The van der Waals surface area contributed by atoms with Crippen LogP contribution in [0.25, 0.3) is 5.69 Å². The monoisotopic (exact) mass is 333 g/mol. The van der Waals surface area contributed by atoms with Gasteiger partial charge in [-0.3, -0.25) is 0 Å². The number of hydrogen-bond donors (Lipinski definition) is 1. The lowest BCUT2D eigenvalue weighted by molar-refractivity contribution is 0.256. The van der Waals surface area contributed by atoms with Gasteiger partial charge in [-0.2, -0.15) is 4.31 Å². The van der Waals surface area contributed by atoms with Crippen molar-refractivity contribution in [2.75, 3.05) is 19.6 Å². The predicted octanol–water partition coefficient (Wildman–Crippen LogP) is 2.10. The summed E-state index contributed by atoms with van der Waals surface area (Å²) < 4.78 is 29.2. The van der Waals surface area contributed by atoms with E-state index in [4.69, 9.17) is 0 Å². The molecule has 0 bridgehead atoms. The van der Waals surface area contributed by atoms with E-state index in [1.807, 2.05) is 41.2 Å². The van der Waals surface area contributed by atoms with Crippen LogP contribution >= 0.6 is 0 Å². The lowest BCUT2D eigenvalue weighted by Crippen LogP contribution is -2.54. The van der Waals surface area contributed by atoms with Crippen molar-refractivity contribution >= 4 is 10.0 Å². The Morgan fingerprint density at radius 2 is 1.78 bits per heavy atom. The van der Waals surface area contributed by atoms with Gasteiger partial charge in [0.1, 0.15) is 0 Å². The summed E-state index contributed by atoms with van der Waals surface area (Å²) in [6, 6.07) is 11.2. The van der Waals surface area contributed by atoms with Crippen molar-refractivity contribution in [2.45, 2.75) is 24.8 Å².